The molecule has 0 unspecified atom stereocenters. The van der Waals surface area contributed by atoms with Gasteiger partial charge < -0.3 is 10.4 Å². The Hall–Kier alpha value is -1.28. The molecule has 0 bridgehead atoms. The first-order valence-electron chi connectivity index (χ1n) is 6.81. The molecule has 2 rings (SSSR count). The molecule has 1 aliphatic carbocycles. The Morgan fingerprint density at radius 3 is 2.67 bits per heavy atom. The van der Waals surface area contributed by atoms with E-state index in [1.54, 1.807) is 12.1 Å². The zero-order chi connectivity index (χ0) is 15.5. The standard InChI is InChI=1S/C15H16Cl2N2O2/c16-10-3-4-11(12(17)7-10)13(20)8-19-14(21)15(9-18)5-1-2-6-15/h3-4,7,13,20H,1-2,5-6,8H2,(H,19,21)/t13-/m0/s1. The van der Waals surface area contributed by atoms with Crippen LogP contribution in [-0.4, -0.2) is 17.6 Å². The van der Waals surface area contributed by atoms with Crippen LogP contribution in [-0.2, 0) is 4.79 Å². The molecular weight excluding hydrogens is 311 g/mol. The molecule has 1 amide bonds. The van der Waals surface area contributed by atoms with Gasteiger partial charge in [0.25, 0.3) is 0 Å². The van der Waals surface area contributed by atoms with Crippen LogP contribution in [0.2, 0.25) is 10.0 Å². The summed E-state index contributed by atoms with van der Waals surface area (Å²) in [7, 11) is 0. The Kier molecular flexibility index (Phi) is 5.10. The average molecular weight is 327 g/mol. The van der Waals surface area contributed by atoms with E-state index in [1.165, 1.54) is 6.07 Å². The third-order valence-electron chi connectivity index (χ3n) is 3.88. The molecule has 112 valence electrons. The van der Waals surface area contributed by atoms with E-state index in [2.05, 4.69) is 11.4 Å². The number of hydrogen-bond donors (Lipinski definition) is 2. The number of hydrogen-bond acceptors (Lipinski definition) is 3. The lowest BCUT2D eigenvalue weighted by Crippen LogP contribution is -2.40. The Labute approximate surface area is 133 Å². The third-order valence-corrected chi connectivity index (χ3v) is 4.45. The maximum atomic E-state index is 12.2. The number of halogens is 2. The normalized spacial score (nSPS) is 18.0. The highest BCUT2D eigenvalue weighted by atomic mass is 35.5. The van der Waals surface area contributed by atoms with E-state index < -0.39 is 11.5 Å². The molecule has 0 heterocycles. The first-order chi connectivity index (χ1) is 9.98. The summed E-state index contributed by atoms with van der Waals surface area (Å²) in [4.78, 5) is 12.2. The van der Waals surface area contributed by atoms with Gasteiger partial charge in [0.1, 0.15) is 5.41 Å². The van der Waals surface area contributed by atoms with Crippen molar-refractivity contribution in [3.05, 3.63) is 33.8 Å². The first-order valence-corrected chi connectivity index (χ1v) is 7.57. The zero-order valence-corrected chi connectivity index (χ0v) is 12.9. The van der Waals surface area contributed by atoms with E-state index in [0.717, 1.165) is 12.8 Å². The number of nitrogens with one attached hydrogen (secondary N) is 1. The molecule has 1 aromatic rings. The van der Waals surface area contributed by atoms with Crippen molar-refractivity contribution in [2.45, 2.75) is 31.8 Å². The van der Waals surface area contributed by atoms with Crippen LogP contribution in [0.1, 0.15) is 37.4 Å². The number of carbonyl (C=O) groups excluding carboxylic acids is 1. The number of benzene rings is 1. The number of amides is 1. The minimum absolute atomic E-state index is 0.0175. The molecule has 0 aliphatic heterocycles. The van der Waals surface area contributed by atoms with Gasteiger partial charge in [-0.3, -0.25) is 4.79 Å². The van der Waals surface area contributed by atoms with E-state index in [9.17, 15) is 15.2 Å². The maximum Gasteiger partial charge on any atom is 0.240 e. The van der Waals surface area contributed by atoms with Gasteiger partial charge in [-0.15, -0.1) is 0 Å². The second-order valence-electron chi connectivity index (χ2n) is 5.29. The van der Waals surface area contributed by atoms with Crippen molar-refractivity contribution in [1.29, 1.82) is 5.26 Å². The van der Waals surface area contributed by atoms with Crippen LogP contribution in [0, 0.1) is 16.7 Å². The molecule has 0 radical (unpaired) electrons. The minimum Gasteiger partial charge on any atom is -0.387 e. The first kappa shape index (κ1) is 16.1. The Morgan fingerprint density at radius 1 is 1.43 bits per heavy atom. The predicted molar refractivity (Wildman–Crippen MR) is 80.9 cm³/mol. The summed E-state index contributed by atoms with van der Waals surface area (Å²) >= 11 is 11.8. The molecule has 2 N–H and O–H groups in total. The van der Waals surface area contributed by atoms with Crippen molar-refractivity contribution in [3.63, 3.8) is 0 Å². The largest absolute Gasteiger partial charge is 0.387 e. The lowest BCUT2D eigenvalue weighted by atomic mass is 9.87. The van der Waals surface area contributed by atoms with Crippen LogP contribution >= 0.6 is 23.2 Å². The molecule has 1 saturated carbocycles. The van der Waals surface area contributed by atoms with Gasteiger partial charge in [-0.25, -0.2) is 0 Å². The van der Waals surface area contributed by atoms with E-state index in [1.807, 2.05) is 0 Å². The van der Waals surface area contributed by atoms with Crippen molar-refractivity contribution in [2.75, 3.05) is 6.54 Å². The highest BCUT2D eigenvalue weighted by molar-refractivity contribution is 6.35. The Balaban J connectivity index is 1.99. The van der Waals surface area contributed by atoms with Crippen molar-refractivity contribution in [3.8, 4) is 6.07 Å². The highest BCUT2D eigenvalue weighted by Gasteiger charge is 2.41. The number of aliphatic hydroxyl groups is 1. The van der Waals surface area contributed by atoms with Gasteiger partial charge in [0, 0.05) is 22.2 Å². The van der Waals surface area contributed by atoms with Crippen LogP contribution in [0.4, 0.5) is 0 Å². The fraction of sp³-hybridized carbons (Fsp3) is 0.467. The van der Waals surface area contributed by atoms with Gasteiger partial charge in [-0.05, 0) is 25.0 Å². The summed E-state index contributed by atoms with van der Waals surface area (Å²) in [6.45, 7) is 0.0175. The number of aliphatic hydroxyl groups excluding tert-OH is 1. The molecule has 0 saturated heterocycles. The van der Waals surface area contributed by atoms with Crippen LogP contribution in [0.15, 0.2) is 18.2 Å². The van der Waals surface area contributed by atoms with Crippen LogP contribution in [0.25, 0.3) is 0 Å². The fourth-order valence-corrected chi connectivity index (χ4v) is 3.14. The van der Waals surface area contributed by atoms with Gasteiger partial charge in [0.2, 0.25) is 5.91 Å². The van der Waals surface area contributed by atoms with Crippen molar-refractivity contribution >= 4 is 29.1 Å². The predicted octanol–water partition coefficient (Wildman–Crippen LogP) is 3.23. The molecule has 4 nitrogen and oxygen atoms in total. The SMILES string of the molecule is N#CC1(C(=O)NC[C@H](O)c2ccc(Cl)cc2Cl)CCCC1. The van der Waals surface area contributed by atoms with E-state index in [4.69, 9.17) is 23.2 Å². The molecular formula is C15H16Cl2N2O2. The van der Waals surface area contributed by atoms with Crippen molar-refractivity contribution in [1.82, 2.24) is 5.32 Å². The molecule has 1 atom stereocenters. The zero-order valence-electron chi connectivity index (χ0n) is 11.4. The van der Waals surface area contributed by atoms with Gasteiger partial charge in [0.15, 0.2) is 0 Å². The highest BCUT2D eigenvalue weighted by Crippen LogP contribution is 2.37. The van der Waals surface area contributed by atoms with Crippen molar-refractivity contribution < 1.29 is 9.90 Å². The Bertz CT molecular complexity index is 578. The number of nitrogens with zero attached hydrogens (tertiary/aromatic N) is 1. The monoisotopic (exact) mass is 326 g/mol. The van der Waals surface area contributed by atoms with Crippen LogP contribution < -0.4 is 5.32 Å². The molecule has 6 heteroatoms. The third kappa shape index (κ3) is 3.49. The van der Waals surface area contributed by atoms with Crippen molar-refractivity contribution in [2.24, 2.45) is 5.41 Å². The lowest BCUT2D eigenvalue weighted by Gasteiger charge is -2.21. The molecule has 0 aromatic heterocycles. The fourth-order valence-electron chi connectivity index (χ4n) is 2.61. The second-order valence-corrected chi connectivity index (χ2v) is 6.14. The Morgan fingerprint density at radius 2 is 2.10 bits per heavy atom. The summed E-state index contributed by atoms with van der Waals surface area (Å²) in [5.41, 5.74) is -0.442. The summed E-state index contributed by atoms with van der Waals surface area (Å²) in [6, 6.07) is 6.91. The quantitative estimate of drug-likeness (QED) is 0.892. The van der Waals surface area contributed by atoms with E-state index >= 15 is 0 Å². The molecule has 0 spiro atoms. The molecule has 1 aliphatic rings. The smallest absolute Gasteiger partial charge is 0.240 e. The summed E-state index contributed by atoms with van der Waals surface area (Å²) in [5, 5.41) is 22.8. The van der Waals surface area contributed by atoms with Gasteiger partial charge >= 0.3 is 0 Å². The van der Waals surface area contributed by atoms with E-state index in [0.29, 0.717) is 28.5 Å². The average Bonchev–Trinajstić information content (AvgIpc) is 2.94. The number of carbonyl (C=O) groups is 1. The van der Waals surface area contributed by atoms with Gasteiger partial charge in [-0.1, -0.05) is 42.1 Å². The number of rotatable bonds is 4. The summed E-state index contributed by atoms with van der Waals surface area (Å²) in [5.74, 6) is -0.313. The maximum absolute atomic E-state index is 12.2. The summed E-state index contributed by atoms with van der Waals surface area (Å²) in [6.07, 6.45) is 1.98. The number of nitriles is 1. The van der Waals surface area contributed by atoms with Crippen LogP contribution in [0.5, 0.6) is 0 Å². The van der Waals surface area contributed by atoms with Gasteiger partial charge in [-0.2, -0.15) is 5.26 Å². The minimum atomic E-state index is -0.941. The van der Waals surface area contributed by atoms with Crippen LogP contribution in [0.3, 0.4) is 0 Å². The molecule has 1 aromatic carbocycles. The summed E-state index contributed by atoms with van der Waals surface area (Å²) < 4.78 is 0. The molecule has 21 heavy (non-hydrogen) atoms. The topological polar surface area (TPSA) is 73.1 Å². The lowest BCUT2D eigenvalue weighted by molar-refractivity contribution is -0.128. The van der Waals surface area contributed by atoms with Gasteiger partial charge in [0.05, 0.1) is 12.2 Å². The van der Waals surface area contributed by atoms with E-state index in [-0.39, 0.29) is 12.5 Å². The second kappa shape index (κ2) is 6.65. The molecule has 1 fully saturated rings.